The second-order valence-corrected chi connectivity index (χ2v) is 4.28. The minimum absolute atomic E-state index is 0.133. The Hall–Kier alpha value is -2.75. The van der Waals surface area contributed by atoms with Crippen LogP contribution in [0.3, 0.4) is 0 Å². The molecule has 8 nitrogen and oxygen atoms in total. The Bertz CT molecular complexity index is 722. The Kier molecular flexibility index (Phi) is 4.51. The normalized spacial score (nSPS) is 10.5. The summed E-state index contributed by atoms with van der Waals surface area (Å²) in [7, 11) is 0. The molecule has 0 aliphatic carbocycles. The zero-order chi connectivity index (χ0) is 16.3. The van der Waals surface area contributed by atoms with Gasteiger partial charge < -0.3 is 20.2 Å². The number of rotatable bonds is 5. The summed E-state index contributed by atoms with van der Waals surface area (Å²) in [5.41, 5.74) is -0.0296. The quantitative estimate of drug-likeness (QED) is 0.646. The molecule has 0 spiro atoms. The third-order valence-corrected chi connectivity index (χ3v) is 2.69. The SMILES string of the molecule is O=C(Nc1ccc(OC(F)F)c(Cl)c1)c1cc([N+](=O)[O-])[nH]n1. The van der Waals surface area contributed by atoms with Crippen LogP contribution >= 0.6 is 11.6 Å². The van der Waals surface area contributed by atoms with Gasteiger partial charge in [0.1, 0.15) is 5.75 Å². The fourth-order valence-electron chi connectivity index (χ4n) is 1.49. The highest BCUT2D eigenvalue weighted by molar-refractivity contribution is 6.32. The number of hydrogen-bond donors (Lipinski definition) is 2. The highest BCUT2D eigenvalue weighted by Crippen LogP contribution is 2.29. The van der Waals surface area contributed by atoms with Crippen molar-refractivity contribution in [3.05, 3.63) is 45.1 Å². The number of amides is 1. The first-order chi connectivity index (χ1) is 10.4. The van der Waals surface area contributed by atoms with Gasteiger partial charge in [-0.05, 0) is 23.1 Å². The molecule has 2 rings (SSSR count). The fourth-order valence-corrected chi connectivity index (χ4v) is 1.71. The van der Waals surface area contributed by atoms with Crippen LogP contribution in [-0.4, -0.2) is 27.6 Å². The van der Waals surface area contributed by atoms with E-state index in [-0.39, 0.29) is 22.2 Å². The zero-order valence-electron chi connectivity index (χ0n) is 10.5. The van der Waals surface area contributed by atoms with Crippen molar-refractivity contribution in [2.24, 2.45) is 0 Å². The van der Waals surface area contributed by atoms with E-state index in [1.54, 1.807) is 0 Å². The minimum Gasteiger partial charge on any atom is -0.433 e. The van der Waals surface area contributed by atoms with Gasteiger partial charge >= 0.3 is 12.4 Å². The summed E-state index contributed by atoms with van der Waals surface area (Å²) in [6.07, 6.45) is 0. The lowest BCUT2D eigenvalue weighted by Gasteiger charge is -2.08. The molecule has 0 aliphatic rings. The first-order valence-corrected chi connectivity index (χ1v) is 6.00. The van der Waals surface area contributed by atoms with Gasteiger partial charge in [-0.1, -0.05) is 16.7 Å². The summed E-state index contributed by atoms with van der Waals surface area (Å²) in [4.78, 5) is 21.5. The summed E-state index contributed by atoms with van der Waals surface area (Å²) < 4.78 is 28.3. The van der Waals surface area contributed by atoms with Gasteiger partial charge in [-0.3, -0.25) is 4.79 Å². The molecule has 0 atom stereocenters. The number of alkyl halides is 2. The van der Waals surface area contributed by atoms with E-state index in [0.29, 0.717) is 0 Å². The lowest BCUT2D eigenvalue weighted by Crippen LogP contribution is -2.12. The van der Waals surface area contributed by atoms with Crippen LogP contribution in [0.1, 0.15) is 10.5 Å². The molecular weight excluding hydrogens is 326 g/mol. The molecule has 0 radical (unpaired) electrons. The third-order valence-electron chi connectivity index (χ3n) is 2.40. The number of nitrogens with one attached hydrogen (secondary N) is 2. The van der Waals surface area contributed by atoms with Crippen molar-refractivity contribution >= 4 is 29.0 Å². The number of carbonyl (C=O) groups is 1. The van der Waals surface area contributed by atoms with Crippen LogP contribution in [0, 0.1) is 10.1 Å². The lowest BCUT2D eigenvalue weighted by molar-refractivity contribution is -0.389. The summed E-state index contributed by atoms with van der Waals surface area (Å²) >= 11 is 5.73. The molecule has 1 aromatic carbocycles. The fraction of sp³-hybridized carbons (Fsp3) is 0.0909. The summed E-state index contributed by atoms with van der Waals surface area (Å²) in [6.45, 7) is -3.03. The van der Waals surface area contributed by atoms with E-state index >= 15 is 0 Å². The molecule has 11 heteroatoms. The summed E-state index contributed by atoms with van der Waals surface area (Å²) in [6, 6.07) is 4.57. The molecule has 0 fully saturated rings. The lowest BCUT2D eigenvalue weighted by atomic mass is 10.3. The number of halogens is 3. The topological polar surface area (TPSA) is 110 Å². The average molecular weight is 333 g/mol. The third kappa shape index (κ3) is 3.67. The first kappa shape index (κ1) is 15.6. The van der Waals surface area contributed by atoms with Crippen LogP contribution in [0.25, 0.3) is 0 Å². The van der Waals surface area contributed by atoms with Crippen molar-refractivity contribution in [1.29, 1.82) is 0 Å². The molecule has 22 heavy (non-hydrogen) atoms. The van der Waals surface area contributed by atoms with Gasteiger partial charge in [-0.2, -0.15) is 8.78 Å². The zero-order valence-corrected chi connectivity index (χ0v) is 11.3. The van der Waals surface area contributed by atoms with E-state index in [9.17, 15) is 23.7 Å². The molecule has 1 heterocycles. The van der Waals surface area contributed by atoms with Gasteiger partial charge in [-0.15, -0.1) is 5.10 Å². The molecule has 0 saturated heterocycles. The Morgan fingerprint density at radius 3 is 2.73 bits per heavy atom. The molecule has 116 valence electrons. The van der Waals surface area contributed by atoms with Gasteiger partial charge in [-0.25, -0.2) is 0 Å². The molecule has 2 aromatic rings. The van der Waals surface area contributed by atoms with Crippen LogP contribution in [0.4, 0.5) is 20.3 Å². The maximum absolute atomic E-state index is 12.1. The maximum Gasteiger partial charge on any atom is 0.387 e. The number of H-pyrrole nitrogens is 1. The van der Waals surface area contributed by atoms with Crippen molar-refractivity contribution in [3.63, 3.8) is 0 Å². The number of ether oxygens (including phenoxy) is 1. The van der Waals surface area contributed by atoms with Crippen molar-refractivity contribution in [3.8, 4) is 5.75 Å². The second-order valence-electron chi connectivity index (χ2n) is 3.87. The van der Waals surface area contributed by atoms with Crippen LogP contribution < -0.4 is 10.1 Å². The number of aromatic amines is 1. The second kappa shape index (κ2) is 6.35. The van der Waals surface area contributed by atoms with Crippen molar-refractivity contribution < 1.29 is 23.2 Å². The predicted molar refractivity (Wildman–Crippen MR) is 71.3 cm³/mol. The molecule has 0 aliphatic heterocycles. The van der Waals surface area contributed by atoms with E-state index in [1.165, 1.54) is 12.1 Å². The number of nitrogens with zero attached hydrogens (tertiary/aromatic N) is 2. The molecule has 0 saturated carbocycles. The molecule has 0 bridgehead atoms. The van der Waals surface area contributed by atoms with E-state index in [0.717, 1.165) is 12.1 Å². The van der Waals surface area contributed by atoms with E-state index < -0.39 is 23.3 Å². The molecule has 2 N–H and O–H groups in total. The van der Waals surface area contributed by atoms with Crippen LogP contribution in [0.15, 0.2) is 24.3 Å². The standard InChI is InChI=1S/C11H7ClF2N4O4/c12-6-3-5(1-2-8(6)22-11(13)14)15-10(19)7-4-9(17-16-7)18(20)21/h1-4,11H,(H,15,19)(H,16,17). The van der Waals surface area contributed by atoms with Crippen LogP contribution in [-0.2, 0) is 0 Å². The Morgan fingerprint density at radius 2 is 2.18 bits per heavy atom. The monoisotopic (exact) mass is 332 g/mol. The first-order valence-electron chi connectivity index (χ1n) is 5.62. The van der Waals surface area contributed by atoms with Crippen LogP contribution in [0.2, 0.25) is 5.02 Å². The molecule has 0 unspecified atom stereocenters. The van der Waals surface area contributed by atoms with Crippen molar-refractivity contribution in [1.82, 2.24) is 10.2 Å². The number of nitro groups is 1. The number of benzene rings is 1. The number of anilines is 1. The van der Waals surface area contributed by atoms with Gasteiger partial charge in [0, 0.05) is 5.69 Å². The van der Waals surface area contributed by atoms with Crippen molar-refractivity contribution in [2.45, 2.75) is 6.61 Å². The molecular formula is C11H7ClF2N4O4. The summed E-state index contributed by atoms with van der Waals surface area (Å²) in [5.74, 6) is -1.42. The number of aromatic nitrogens is 2. The smallest absolute Gasteiger partial charge is 0.387 e. The number of hydrogen-bond acceptors (Lipinski definition) is 5. The minimum atomic E-state index is -3.03. The largest absolute Gasteiger partial charge is 0.433 e. The Balaban J connectivity index is 2.11. The van der Waals surface area contributed by atoms with Crippen LogP contribution in [0.5, 0.6) is 5.75 Å². The van der Waals surface area contributed by atoms with Gasteiger partial charge in [0.25, 0.3) is 5.91 Å². The number of carbonyl (C=O) groups excluding carboxylic acids is 1. The Labute approximate surface area is 126 Å². The highest BCUT2D eigenvalue weighted by Gasteiger charge is 2.17. The van der Waals surface area contributed by atoms with Gasteiger partial charge in [0.05, 0.1) is 11.1 Å². The van der Waals surface area contributed by atoms with Gasteiger partial charge in [0.2, 0.25) is 0 Å². The van der Waals surface area contributed by atoms with Gasteiger partial charge in [0.15, 0.2) is 5.69 Å². The molecule has 1 aromatic heterocycles. The molecule has 1 amide bonds. The Morgan fingerprint density at radius 1 is 1.45 bits per heavy atom. The highest BCUT2D eigenvalue weighted by atomic mass is 35.5. The summed E-state index contributed by atoms with van der Waals surface area (Å²) in [5, 5.41) is 18.3. The van der Waals surface area contributed by atoms with Crippen molar-refractivity contribution in [2.75, 3.05) is 5.32 Å². The van der Waals surface area contributed by atoms with E-state index in [2.05, 4.69) is 20.3 Å². The predicted octanol–water partition coefficient (Wildman–Crippen LogP) is 2.83. The average Bonchev–Trinajstić information content (AvgIpc) is 2.91. The maximum atomic E-state index is 12.1. The van der Waals surface area contributed by atoms with E-state index in [1.807, 2.05) is 0 Å². The van der Waals surface area contributed by atoms with E-state index in [4.69, 9.17) is 11.6 Å².